The van der Waals surface area contributed by atoms with E-state index in [4.69, 9.17) is 0 Å². The molecule has 4 nitrogen and oxygen atoms in total. The van der Waals surface area contributed by atoms with Crippen molar-refractivity contribution in [2.45, 2.75) is 9.79 Å². The van der Waals surface area contributed by atoms with Gasteiger partial charge in [-0.1, -0.05) is 11.8 Å². The van der Waals surface area contributed by atoms with Gasteiger partial charge in [-0.15, -0.1) is 0 Å². The maximum atomic E-state index is 4.16. The van der Waals surface area contributed by atoms with E-state index in [1.165, 1.54) is 0 Å². The molecule has 2 aromatic heterocycles. The van der Waals surface area contributed by atoms with E-state index >= 15 is 0 Å². The lowest BCUT2D eigenvalue weighted by molar-refractivity contribution is 0.766. The lowest BCUT2D eigenvalue weighted by atomic mass is 10.5. The van der Waals surface area contributed by atoms with E-state index in [9.17, 15) is 0 Å². The van der Waals surface area contributed by atoms with Crippen LogP contribution in [0.3, 0.4) is 0 Å². The van der Waals surface area contributed by atoms with Gasteiger partial charge in [0.15, 0.2) is 0 Å². The summed E-state index contributed by atoms with van der Waals surface area (Å²) in [5, 5.41) is 7.13. The number of pyridine rings is 1. The summed E-state index contributed by atoms with van der Waals surface area (Å²) in [5.74, 6) is 0.879. The number of anilines is 1. The van der Waals surface area contributed by atoms with E-state index in [1.807, 2.05) is 38.6 Å². The third-order valence-electron chi connectivity index (χ3n) is 1.90. The standard InChI is InChI=1S/C10H12N4S/c1-11-10-5-8(3-4-12-10)15-9-6-13-14(2)7-9/h3-7H,1-2H3,(H,11,12). The summed E-state index contributed by atoms with van der Waals surface area (Å²) < 4.78 is 1.79. The van der Waals surface area contributed by atoms with Crippen molar-refractivity contribution in [1.29, 1.82) is 0 Å². The van der Waals surface area contributed by atoms with Crippen molar-refractivity contribution in [1.82, 2.24) is 14.8 Å². The molecular formula is C10H12N4S. The van der Waals surface area contributed by atoms with Crippen LogP contribution in [0.2, 0.25) is 0 Å². The van der Waals surface area contributed by atoms with Crippen molar-refractivity contribution in [2.75, 3.05) is 12.4 Å². The first-order valence-electron chi connectivity index (χ1n) is 4.58. The van der Waals surface area contributed by atoms with E-state index in [0.717, 1.165) is 15.6 Å². The second-order valence-electron chi connectivity index (χ2n) is 3.08. The van der Waals surface area contributed by atoms with E-state index in [-0.39, 0.29) is 0 Å². The number of nitrogens with one attached hydrogen (secondary N) is 1. The Kier molecular flexibility index (Phi) is 2.91. The average Bonchev–Trinajstić information content (AvgIpc) is 2.64. The third-order valence-corrected chi connectivity index (χ3v) is 2.84. The van der Waals surface area contributed by atoms with Crippen LogP contribution in [-0.4, -0.2) is 21.8 Å². The number of rotatable bonds is 3. The third kappa shape index (κ3) is 2.50. The summed E-state index contributed by atoms with van der Waals surface area (Å²) in [7, 11) is 3.77. The topological polar surface area (TPSA) is 42.7 Å². The van der Waals surface area contributed by atoms with Crippen molar-refractivity contribution in [3.8, 4) is 0 Å². The maximum absolute atomic E-state index is 4.16. The minimum Gasteiger partial charge on any atom is -0.373 e. The molecule has 0 saturated heterocycles. The van der Waals surface area contributed by atoms with Crippen molar-refractivity contribution < 1.29 is 0 Å². The summed E-state index contributed by atoms with van der Waals surface area (Å²) in [6.45, 7) is 0. The maximum Gasteiger partial charge on any atom is 0.126 e. The van der Waals surface area contributed by atoms with Crippen LogP contribution in [0.4, 0.5) is 5.82 Å². The van der Waals surface area contributed by atoms with Gasteiger partial charge in [0.1, 0.15) is 5.82 Å². The summed E-state index contributed by atoms with van der Waals surface area (Å²) in [5.41, 5.74) is 0. The van der Waals surface area contributed by atoms with E-state index < -0.39 is 0 Å². The van der Waals surface area contributed by atoms with Crippen LogP contribution in [-0.2, 0) is 7.05 Å². The SMILES string of the molecule is CNc1cc(Sc2cnn(C)c2)ccn1. The molecule has 0 radical (unpaired) electrons. The number of aromatic nitrogens is 3. The molecule has 0 bridgehead atoms. The predicted molar refractivity (Wildman–Crippen MR) is 61.1 cm³/mol. The molecule has 15 heavy (non-hydrogen) atoms. The van der Waals surface area contributed by atoms with E-state index in [2.05, 4.69) is 15.4 Å². The van der Waals surface area contributed by atoms with Crippen LogP contribution >= 0.6 is 11.8 Å². The highest BCUT2D eigenvalue weighted by Crippen LogP contribution is 2.27. The van der Waals surface area contributed by atoms with E-state index in [1.54, 1.807) is 22.6 Å². The van der Waals surface area contributed by atoms with Crippen molar-refractivity contribution in [2.24, 2.45) is 7.05 Å². The molecular weight excluding hydrogens is 208 g/mol. The van der Waals surface area contributed by atoms with Gasteiger partial charge in [-0.05, 0) is 12.1 Å². The van der Waals surface area contributed by atoms with Crippen LogP contribution in [0.25, 0.3) is 0 Å². The lowest BCUT2D eigenvalue weighted by Crippen LogP contribution is -1.90. The number of hydrogen-bond acceptors (Lipinski definition) is 4. The van der Waals surface area contributed by atoms with Crippen LogP contribution in [0.1, 0.15) is 0 Å². The van der Waals surface area contributed by atoms with Gasteiger partial charge in [0, 0.05) is 31.4 Å². The van der Waals surface area contributed by atoms with Crippen LogP contribution in [0.15, 0.2) is 40.5 Å². The Bertz CT molecular complexity index is 452. The highest BCUT2D eigenvalue weighted by atomic mass is 32.2. The summed E-state index contributed by atoms with van der Waals surface area (Å²) in [6.07, 6.45) is 5.64. The fourth-order valence-electron chi connectivity index (χ4n) is 1.20. The molecule has 2 aromatic rings. The largest absolute Gasteiger partial charge is 0.373 e. The van der Waals surface area contributed by atoms with Gasteiger partial charge in [0.2, 0.25) is 0 Å². The summed E-state index contributed by atoms with van der Waals surface area (Å²) >= 11 is 1.67. The molecule has 0 fully saturated rings. The average molecular weight is 220 g/mol. The van der Waals surface area contributed by atoms with Crippen molar-refractivity contribution >= 4 is 17.6 Å². The Morgan fingerprint density at radius 2 is 2.27 bits per heavy atom. The molecule has 1 N–H and O–H groups in total. The Morgan fingerprint density at radius 1 is 1.40 bits per heavy atom. The number of aryl methyl sites for hydroxylation is 1. The molecule has 0 aliphatic carbocycles. The molecule has 0 unspecified atom stereocenters. The van der Waals surface area contributed by atoms with Gasteiger partial charge in [0.25, 0.3) is 0 Å². The molecule has 2 rings (SSSR count). The van der Waals surface area contributed by atoms with Crippen LogP contribution in [0, 0.1) is 0 Å². The molecule has 0 aromatic carbocycles. The normalized spacial score (nSPS) is 10.3. The molecule has 0 atom stereocenters. The zero-order valence-corrected chi connectivity index (χ0v) is 9.45. The Labute approximate surface area is 92.7 Å². The van der Waals surface area contributed by atoms with Gasteiger partial charge < -0.3 is 5.32 Å². The van der Waals surface area contributed by atoms with Gasteiger partial charge in [-0.3, -0.25) is 4.68 Å². The zero-order valence-electron chi connectivity index (χ0n) is 8.64. The molecule has 0 aliphatic heterocycles. The molecule has 0 amide bonds. The minimum atomic E-state index is 0.879. The number of nitrogens with zero attached hydrogens (tertiary/aromatic N) is 3. The highest BCUT2D eigenvalue weighted by Gasteiger charge is 2.00. The Hall–Kier alpha value is -1.49. The van der Waals surface area contributed by atoms with Crippen LogP contribution < -0.4 is 5.32 Å². The Morgan fingerprint density at radius 3 is 2.93 bits per heavy atom. The first kappa shape index (κ1) is 10.0. The fraction of sp³-hybridized carbons (Fsp3) is 0.200. The zero-order chi connectivity index (χ0) is 10.7. The first-order chi connectivity index (χ1) is 7.28. The van der Waals surface area contributed by atoms with Gasteiger partial charge in [0.05, 0.1) is 11.1 Å². The van der Waals surface area contributed by atoms with Crippen molar-refractivity contribution in [3.05, 3.63) is 30.7 Å². The van der Waals surface area contributed by atoms with Gasteiger partial charge in [-0.25, -0.2) is 4.98 Å². The number of hydrogen-bond donors (Lipinski definition) is 1. The van der Waals surface area contributed by atoms with Gasteiger partial charge in [-0.2, -0.15) is 5.10 Å². The van der Waals surface area contributed by atoms with Crippen LogP contribution in [0.5, 0.6) is 0 Å². The van der Waals surface area contributed by atoms with Gasteiger partial charge >= 0.3 is 0 Å². The first-order valence-corrected chi connectivity index (χ1v) is 5.40. The molecule has 2 heterocycles. The molecule has 0 saturated carbocycles. The molecule has 0 spiro atoms. The monoisotopic (exact) mass is 220 g/mol. The molecule has 5 heteroatoms. The lowest BCUT2D eigenvalue weighted by Gasteiger charge is -2.01. The fourth-order valence-corrected chi connectivity index (χ4v) is 2.08. The summed E-state index contributed by atoms with van der Waals surface area (Å²) in [6, 6.07) is 4.00. The van der Waals surface area contributed by atoms with Crippen molar-refractivity contribution in [3.63, 3.8) is 0 Å². The minimum absolute atomic E-state index is 0.879. The predicted octanol–water partition coefficient (Wildman–Crippen LogP) is 2.01. The smallest absolute Gasteiger partial charge is 0.126 e. The second-order valence-corrected chi connectivity index (χ2v) is 4.23. The second kappa shape index (κ2) is 4.35. The summed E-state index contributed by atoms with van der Waals surface area (Å²) in [4.78, 5) is 6.44. The van der Waals surface area contributed by atoms with E-state index in [0.29, 0.717) is 0 Å². The Balaban J connectivity index is 2.16. The molecule has 0 aliphatic rings. The molecule has 78 valence electrons. The highest BCUT2D eigenvalue weighted by molar-refractivity contribution is 7.99. The quantitative estimate of drug-likeness (QED) is 0.859.